The molecule has 1 aliphatic rings. The van der Waals surface area contributed by atoms with E-state index in [1.54, 1.807) is 0 Å². The van der Waals surface area contributed by atoms with Gasteiger partial charge in [-0.25, -0.2) is 0 Å². The highest BCUT2D eigenvalue weighted by molar-refractivity contribution is 5.78. The van der Waals surface area contributed by atoms with Crippen molar-refractivity contribution in [3.63, 3.8) is 0 Å². The molecule has 21 heavy (non-hydrogen) atoms. The summed E-state index contributed by atoms with van der Waals surface area (Å²) in [4.78, 5) is 14.0. The first-order valence-electron chi connectivity index (χ1n) is 8.28. The number of carbonyl (C=O) groups excluding carboxylic acids is 1. The Balaban J connectivity index is 1.76. The smallest absolute Gasteiger partial charge is 0.225 e. The molecule has 1 N–H and O–H groups in total. The van der Waals surface area contributed by atoms with E-state index in [9.17, 15) is 4.79 Å². The standard InChI is InChI=1S/C17H29N3O/c1-4-9-19-10-5-6-16(19)13-18-15-7-11-20(12-8-15)17(21)14(2)3/h5-6,10,14-15,18H,4,7-9,11-13H2,1-3H3. The lowest BCUT2D eigenvalue weighted by Crippen LogP contribution is -2.46. The first-order valence-corrected chi connectivity index (χ1v) is 8.28. The highest BCUT2D eigenvalue weighted by Crippen LogP contribution is 2.14. The topological polar surface area (TPSA) is 37.3 Å². The minimum absolute atomic E-state index is 0.117. The molecule has 1 aromatic rings. The first-order chi connectivity index (χ1) is 10.1. The largest absolute Gasteiger partial charge is 0.350 e. The van der Waals surface area contributed by atoms with Crippen LogP contribution in [-0.4, -0.2) is 34.5 Å². The van der Waals surface area contributed by atoms with Crippen LogP contribution in [0.3, 0.4) is 0 Å². The van der Waals surface area contributed by atoms with Gasteiger partial charge in [0, 0.05) is 50.0 Å². The van der Waals surface area contributed by atoms with E-state index in [1.807, 2.05) is 18.7 Å². The number of rotatable bonds is 6. The summed E-state index contributed by atoms with van der Waals surface area (Å²) in [5, 5.41) is 3.65. The van der Waals surface area contributed by atoms with Crippen LogP contribution >= 0.6 is 0 Å². The summed E-state index contributed by atoms with van der Waals surface area (Å²) in [6, 6.07) is 4.85. The van der Waals surface area contributed by atoms with Crippen molar-refractivity contribution in [1.29, 1.82) is 0 Å². The number of nitrogens with one attached hydrogen (secondary N) is 1. The molecule has 1 aliphatic heterocycles. The molecule has 1 aromatic heterocycles. The molecule has 0 atom stereocenters. The Morgan fingerprint density at radius 3 is 2.71 bits per heavy atom. The molecule has 0 saturated carbocycles. The lowest BCUT2D eigenvalue weighted by Gasteiger charge is -2.33. The number of aryl methyl sites for hydroxylation is 1. The maximum atomic E-state index is 12.0. The van der Waals surface area contributed by atoms with Gasteiger partial charge in [0.2, 0.25) is 5.91 Å². The van der Waals surface area contributed by atoms with Crippen molar-refractivity contribution in [2.45, 2.75) is 59.2 Å². The lowest BCUT2D eigenvalue weighted by atomic mass is 10.0. The van der Waals surface area contributed by atoms with Gasteiger partial charge in [0.1, 0.15) is 0 Å². The zero-order valence-electron chi connectivity index (χ0n) is 13.6. The number of aromatic nitrogens is 1. The molecule has 4 heteroatoms. The van der Waals surface area contributed by atoms with Gasteiger partial charge in [-0.15, -0.1) is 0 Å². The minimum Gasteiger partial charge on any atom is -0.350 e. The number of hydrogen-bond donors (Lipinski definition) is 1. The third-order valence-electron chi connectivity index (χ3n) is 4.26. The van der Waals surface area contributed by atoms with Crippen LogP contribution in [0.5, 0.6) is 0 Å². The van der Waals surface area contributed by atoms with Crippen molar-refractivity contribution in [2.75, 3.05) is 13.1 Å². The molecule has 1 saturated heterocycles. The van der Waals surface area contributed by atoms with Gasteiger partial charge in [0.05, 0.1) is 0 Å². The van der Waals surface area contributed by atoms with E-state index in [4.69, 9.17) is 0 Å². The highest BCUT2D eigenvalue weighted by atomic mass is 16.2. The van der Waals surface area contributed by atoms with Crippen LogP contribution < -0.4 is 5.32 Å². The van der Waals surface area contributed by atoms with Crippen molar-refractivity contribution in [3.8, 4) is 0 Å². The SMILES string of the molecule is CCCn1cccc1CNC1CCN(C(=O)C(C)C)CC1. The first kappa shape index (κ1) is 16.1. The van der Waals surface area contributed by atoms with Gasteiger partial charge in [-0.1, -0.05) is 20.8 Å². The number of carbonyl (C=O) groups is 1. The van der Waals surface area contributed by atoms with Gasteiger partial charge in [-0.05, 0) is 31.4 Å². The Kier molecular flexibility index (Phi) is 5.85. The van der Waals surface area contributed by atoms with Gasteiger partial charge in [-0.3, -0.25) is 4.79 Å². The van der Waals surface area contributed by atoms with Gasteiger partial charge < -0.3 is 14.8 Å². The third kappa shape index (κ3) is 4.34. The quantitative estimate of drug-likeness (QED) is 0.875. The van der Waals surface area contributed by atoms with Crippen molar-refractivity contribution >= 4 is 5.91 Å². The number of likely N-dealkylation sites (tertiary alicyclic amines) is 1. The van der Waals surface area contributed by atoms with Gasteiger partial charge >= 0.3 is 0 Å². The second-order valence-electron chi connectivity index (χ2n) is 6.33. The van der Waals surface area contributed by atoms with Crippen molar-refractivity contribution in [2.24, 2.45) is 5.92 Å². The molecule has 0 aliphatic carbocycles. The monoisotopic (exact) mass is 291 g/mol. The van der Waals surface area contributed by atoms with Crippen molar-refractivity contribution in [3.05, 3.63) is 24.0 Å². The maximum Gasteiger partial charge on any atom is 0.225 e. The van der Waals surface area contributed by atoms with E-state index in [0.29, 0.717) is 11.9 Å². The Morgan fingerprint density at radius 1 is 1.38 bits per heavy atom. The van der Waals surface area contributed by atoms with E-state index in [0.717, 1.165) is 45.4 Å². The molecular formula is C17H29N3O. The normalized spacial score (nSPS) is 16.7. The Labute approximate surface area is 128 Å². The predicted molar refractivity (Wildman–Crippen MR) is 86.0 cm³/mol. The number of hydrogen-bond acceptors (Lipinski definition) is 2. The summed E-state index contributed by atoms with van der Waals surface area (Å²) >= 11 is 0. The molecular weight excluding hydrogens is 262 g/mol. The van der Waals surface area contributed by atoms with Crippen LogP contribution in [0, 0.1) is 5.92 Å². The predicted octanol–water partition coefficient (Wildman–Crippen LogP) is 2.63. The molecule has 0 spiro atoms. The van der Waals surface area contributed by atoms with E-state index in [-0.39, 0.29) is 5.92 Å². The maximum absolute atomic E-state index is 12.0. The van der Waals surface area contributed by atoms with Crippen molar-refractivity contribution in [1.82, 2.24) is 14.8 Å². The molecule has 2 rings (SSSR count). The van der Waals surface area contributed by atoms with Crippen molar-refractivity contribution < 1.29 is 4.79 Å². The Hall–Kier alpha value is -1.29. The molecule has 4 nitrogen and oxygen atoms in total. The second kappa shape index (κ2) is 7.64. The number of amides is 1. The fraction of sp³-hybridized carbons (Fsp3) is 0.706. The summed E-state index contributed by atoms with van der Waals surface area (Å²) in [5.74, 6) is 0.414. The van der Waals surface area contributed by atoms with E-state index in [1.165, 1.54) is 5.69 Å². The summed E-state index contributed by atoms with van der Waals surface area (Å²) in [6.45, 7) is 9.97. The van der Waals surface area contributed by atoms with E-state index in [2.05, 4.69) is 35.1 Å². The highest BCUT2D eigenvalue weighted by Gasteiger charge is 2.23. The van der Waals surface area contributed by atoms with Gasteiger partial charge in [0.15, 0.2) is 0 Å². The molecule has 1 fully saturated rings. The summed E-state index contributed by atoms with van der Waals surface area (Å²) in [5.41, 5.74) is 1.36. The Bertz CT molecular complexity index is 445. The summed E-state index contributed by atoms with van der Waals surface area (Å²) in [7, 11) is 0. The molecule has 0 radical (unpaired) electrons. The average molecular weight is 291 g/mol. The van der Waals surface area contributed by atoms with E-state index >= 15 is 0 Å². The molecule has 118 valence electrons. The Morgan fingerprint density at radius 2 is 2.10 bits per heavy atom. The van der Waals surface area contributed by atoms with Crippen LogP contribution in [0.2, 0.25) is 0 Å². The fourth-order valence-corrected chi connectivity index (χ4v) is 2.99. The second-order valence-corrected chi connectivity index (χ2v) is 6.33. The number of piperidine rings is 1. The van der Waals surface area contributed by atoms with Crippen LogP contribution in [0.1, 0.15) is 45.7 Å². The fourth-order valence-electron chi connectivity index (χ4n) is 2.99. The lowest BCUT2D eigenvalue weighted by molar-refractivity contribution is -0.135. The summed E-state index contributed by atoms with van der Waals surface area (Å²) < 4.78 is 2.32. The molecule has 0 bridgehead atoms. The van der Waals surface area contributed by atoms with Crippen LogP contribution in [0.15, 0.2) is 18.3 Å². The summed E-state index contributed by atoms with van der Waals surface area (Å²) in [6.07, 6.45) is 5.45. The molecule has 2 heterocycles. The van der Waals surface area contributed by atoms with E-state index < -0.39 is 0 Å². The minimum atomic E-state index is 0.117. The van der Waals surface area contributed by atoms with Crippen LogP contribution in [0.4, 0.5) is 0 Å². The third-order valence-corrected chi connectivity index (χ3v) is 4.26. The zero-order valence-corrected chi connectivity index (χ0v) is 13.6. The zero-order chi connectivity index (χ0) is 15.2. The molecule has 0 aromatic carbocycles. The molecule has 0 unspecified atom stereocenters. The van der Waals surface area contributed by atoms with Gasteiger partial charge in [-0.2, -0.15) is 0 Å². The number of nitrogens with zero attached hydrogens (tertiary/aromatic N) is 2. The van der Waals surface area contributed by atoms with Gasteiger partial charge in [0.25, 0.3) is 0 Å². The molecule has 1 amide bonds. The van der Waals surface area contributed by atoms with Crippen LogP contribution in [-0.2, 0) is 17.9 Å². The van der Waals surface area contributed by atoms with Crippen LogP contribution in [0.25, 0.3) is 0 Å². The average Bonchev–Trinajstić information content (AvgIpc) is 2.92.